The van der Waals surface area contributed by atoms with E-state index in [9.17, 15) is 9.59 Å². The van der Waals surface area contributed by atoms with Crippen molar-refractivity contribution in [2.24, 2.45) is 0 Å². The van der Waals surface area contributed by atoms with Gasteiger partial charge in [0.2, 0.25) is 0 Å². The molecule has 0 spiro atoms. The van der Waals surface area contributed by atoms with Crippen molar-refractivity contribution in [3.63, 3.8) is 0 Å². The zero-order chi connectivity index (χ0) is 24.6. The smallest absolute Gasteiger partial charge is 0.195 e. The molecule has 2 nitrogen and oxygen atoms in total. The van der Waals surface area contributed by atoms with Crippen molar-refractivity contribution in [3.8, 4) is 0 Å². The molecule has 8 aromatic carbocycles. The van der Waals surface area contributed by atoms with Gasteiger partial charge in [0.25, 0.3) is 0 Å². The molecule has 0 saturated carbocycles. The number of fused-ring (bicyclic) bond motifs is 4. The van der Waals surface area contributed by atoms with E-state index in [2.05, 4.69) is 75.9 Å². The molecule has 0 bridgehead atoms. The van der Waals surface area contributed by atoms with Crippen molar-refractivity contribution in [2.45, 2.75) is 0 Å². The lowest BCUT2D eigenvalue weighted by atomic mass is 9.84. The summed E-state index contributed by atoms with van der Waals surface area (Å²) in [5.74, 6) is 0. The van der Waals surface area contributed by atoms with E-state index in [0.717, 1.165) is 77.1 Å². The Bertz CT molecular complexity index is 2400. The van der Waals surface area contributed by atoms with Crippen LogP contribution in [0.15, 0.2) is 88.1 Å². The van der Waals surface area contributed by atoms with E-state index in [1.54, 1.807) is 0 Å². The molecule has 36 heavy (non-hydrogen) atoms. The molecule has 0 fully saturated rings. The van der Waals surface area contributed by atoms with Gasteiger partial charge in [0.05, 0.1) is 0 Å². The van der Waals surface area contributed by atoms with Gasteiger partial charge in [-0.2, -0.15) is 0 Å². The Kier molecular flexibility index (Phi) is 4.30. The number of hydrogen-bond donors (Lipinski definition) is 0. The first-order valence-electron chi connectivity index (χ1n) is 11.2. The van der Waals surface area contributed by atoms with Gasteiger partial charge in [-0.15, -0.1) is 0 Å². The van der Waals surface area contributed by atoms with E-state index >= 15 is 0 Å². The van der Waals surface area contributed by atoms with Crippen molar-refractivity contribution in [1.29, 1.82) is 0 Å². The fraction of sp³-hybridized carbons (Fsp3) is 0. The molecule has 8 rings (SSSR count). The fourth-order valence-electron chi connectivity index (χ4n) is 6.12. The first-order valence-corrected chi connectivity index (χ1v) is 14.4. The first-order chi connectivity index (χ1) is 17.4. The zero-order valence-corrected chi connectivity index (χ0v) is 24.4. The monoisotopic (exact) mass is 718 g/mol. The van der Waals surface area contributed by atoms with Gasteiger partial charge in [0.1, 0.15) is 0 Å². The molecule has 0 heterocycles. The Hall–Kier alpha value is -2.38. The van der Waals surface area contributed by atoms with Crippen LogP contribution in [0.3, 0.4) is 0 Å². The SMILES string of the molecule is O=c1c2ccc3cc4c5ccccc5c(=O)c5c(Br)cc6cc(c7cc(Br)c(Br)c(Br)c17)c2c3c6c54. The molecule has 0 unspecified atom stereocenters. The normalized spacial score (nSPS) is 12.7. The highest BCUT2D eigenvalue weighted by Gasteiger charge is 2.24. The second-order valence-corrected chi connectivity index (χ2v) is 12.5. The lowest BCUT2D eigenvalue weighted by Gasteiger charge is -2.20. The second kappa shape index (κ2) is 7.13. The number of rotatable bonds is 0. The van der Waals surface area contributed by atoms with Gasteiger partial charge >= 0.3 is 0 Å². The topological polar surface area (TPSA) is 34.1 Å². The van der Waals surface area contributed by atoms with Crippen LogP contribution in [0.2, 0.25) is 0 Å². The highest BCUT2D eigenvalue weighted by Crippen LogP contribution is 2.48. The van der Waals surface area contributed by atoms with Gasteiger partial charge in [0, 0.05) is 50.2 Å². The molecule has 0 amide bonds. The fourth-order valence-corrected chi connectivity index (χ4v) is 8.35. The van der Waals surface area contributed by atoms with Gasteiger partial charge in [-0.1, -0.05) is 30.3 Å². The van der Waals surface area contributed by atoms with Gasteiger partial charge < -0.3 is 0 Å². The summed E-state index contributed by atoms with van der Waals surface area (Å²) in [6, 6.07) is 20.2. The molecule has 6 heteroatoms. The molecular weight excluding hydrogens is 712 g/mol. The Balaban J connectivity index is 1.79. The van der Waals surface area contributed by atoms with Crippen LogP contribution in [0, 0.1) is 0 Å². The highest BCUT2D eigenvalue weighted by molar-refractivity contribution is 9.14. The molecule has 170 valence electrons. The molecule has 8 aromatic rings. The quantitative estimate of drug-likeness (QED) is 0.0888. The van der Waals surface area contributed by atoms with Crippen molar-refractivity contribution in [3.05, 3.63) is 99.0 Å². The van der Waals surface area contributed by atoms with Gasteiger partial charge in [-0.3, -0.25) is 9.59 Å². The van der Waals surface area contributed by atoms with Crippen LogP contribution >= 0.6 is 63.7 Å². The first kappa shape index (κ1) is 21.7. The van der Waals surface area contributed by atoms with Crippen LogP contribution in [0.5, 0.6) is 0 Å². The molecule has 0 aromatic heterocycles. The van der Waals surface area contributed by atoms with E-state index in [-0.39, 0.29) is 10.9 Å². The maximum absolute atomic E-state index is 13.9. The summed E-state index contributed by atoms with van der Waals surface area (Å²) in [6.45, 7) is 0. The third kappa shape index (κ3) is 2.47. The largest absolute Gasteiger partial charge is 0.289 e. The number of benzene rings is 8. The third-order valence-electron chi connectivity index (χ3n) is 7.55. The van der Waals surface area contributed by atoms with E-state index in [4.69, 9.17) is 0 Å². The molecule has 0 aliphatic carbocycles. The minimum atomic E-state index is -0.00865. The summed E-state index contributed by atoms with van der Waals surface area (Å²) in [6.07, 6.45) is 0. The second-order valence-electron chi connectivity index (χ2n) is 9.25. The minimum Gasteiger partial charge on any atom is -0.289 e. The lowest BCUT2D eigenvalue weighted by molar-refractivity contribution is 1.60. The summed E-state index contributed by atoms with van der Waals surface area (Å²) in [7, 11) is 0. The van der Waals surface area contributed by atoms with Gasteiger partial charge in [-0.05, 0) is 137 Å². The Morgan fingerprint density at radius 3 is 1.86 bits per heavy atom. The highest BCUT2D eigenvalue weighted by atomic mass is 79.9. The molecule has 0 N–H and O–H groups in total. The maximum Gasteiger partial charge on any atom is 0.195 e. The van der Waals surface area contributed by atoms with Crippen molar-refractivity contribution >= 4 is 139 Å². The van der Waals surface area contributed by atoms with Crippen molar-refractivity contribution in [1.82, 2.24) is 0 Å². The Labute approximate surface area is 236 Å². The average molecular weight is 722 g/mol. The van der Waals surface area contributed by atoms with Crippen LogP contribution in [-0.4, -0.2) is 0 Å². The average Bonchev–Trinajstić information content (AvgIpc) is 2.87. The summed E-state index contributed by atoms with van der Waals surface area (Å²) < 4.78 is 3.21. The Morgan fingerprint density at radius 1 is 0.417 bits per heavy atom. The zero-order valence-electron chi connectivity index (χ0n) is 18.1. The minimum absolute atomic E-state index is 0.00865. The van der Waals surface area contributed by atoms with Crippen molar-refractivity contribution < 1.29 is 0 Å². The van der Waals surface area contributed by atoms with Crippen LogP contribution in [0.1, 0.15) is 0 Å². The van der Waals surface area contributed by atoms with Crippen LogP contribution in [0.4, 0.5) is 0 Å². The molecule has 0 radical (unpaired) electrons. The molecule has 0 aliphatic rings. The van der Waals surface area contributed by atoms with E-state index in [0.29, 0.717) is 16.2 Å². The molecule has 0 aliphatic heterocycles. The Morgan fingerprint density at radius 2 is 1.06 bits per heavy atom. The summed E-state index contributed by atoms with van der Waals surface area (Å²) >= 11 is 14.6. The summed E-state index contributed by atoms with van der Waals surface area (Å²) in [5.41, 5.74) is 0.0141. The third-order valence-corrected chi connectivity index (χ3v) is 11.5. The summed E-state index contributed by atoms with van der Waals surface area (Å²) in [5, 5.41) is 12.7. The summed E-state index contributed by atoms with van der Waals surface area (Å²) in [4.78, 5) is 27.5. The van der Waals surface area contributed by atoms with E-state index < -0.39 is 0 Å². The van der Waals surface area contributed by atoms with Crippen LogP contribution < -0.4 is 10.9 Å². The predicted octanol–water partition coefficient (Wildman–Crippen LogP) is 9.84. The van der Waals surface area contributed by atoms with Gasteiger partial charge in [-0.25, -0.2) is 0 Å². The van der Waals surface area contributed by atoms with Crippen LogP contribution in [0.25, 0.3) is 75.4 Å². The number of hydrogen-bond acceptors (Lipinski definition) is 2. The lowest BCUT2D eigenvalue weighted by Crippen LogP contribution is -2.07. The van der Waals surface area contributed by atoms with E-state index in [1.165, 1.54) is 0 Å². The van der Waals surface area contributed by atoms with E-state index in [1.807, 2.05) is 48.5 Å². The molecule has 0 saturated heterocycles. The molecule has 0 atom stereocenters. The molecular formula is C30H10Br4O2. The number of halogens is 4. The predicted molar refractivity (Wildman–Crippen MR) is 166 cm³/mol. The maximum atomic E-state index is 13.9. The van der Waals surface area contributed by atoms with Crippen molar-refractivity contribution in [2.75, 3.05) is 0 Å². The van der Waals surface area contributed by atoms with Crippen LogP contribution in [-0.2, 0) is 0 Å². The van der Waals surface area contributed by atoms with Gasteiger partial charge in [0.15, 0.2) is 10.9 Å². The standard InChI is InChI=1S/C30H10Br4O2/c31-19-9-12-8-17-18-10-20(32)27(33)28(34)25(18)30(36)15-6-5-11-7-16-13-3-1-2-4-14(13)29(35)26(19)24(16)22(12)21(11)23(15)17/h1-10H.